The highest BCUT2D eigenvalue weighted by Gasteiger charge is 2.22. The lowest BCUT2D eigenvalue weighted by atomic mass is 10.0. The molecule has 1 aliphatic carbocycles. The van der Waals surface area contributed by atoms with Crippen molar-refractivity contribution in [1.29, 1.82) is 0 Å². The number of hydrogen-bond donors (Lipinski definition) is 0. The highest BCUT2D eigenvalue weighted by Crippen LogP contribution is 2.31. The maximum atomic E-state index is 11.7. The number of hydrogen-bond acceptors (Lipinski definition) is 2. The van der Waals surface area contributed by atoms with Crippen molar-refractivity contribution in [1.82, 2.24) is 0 Å². The summed E-state index contributed by atoms with van der Waals surface area (Å²) < 4.78 is 6.00. The molecule has 2 rings (SSSR count). The summed E-state index contributed by atoms with van der Waals surface area (Å²) in [6.45, 7) is 5.23. The zero-order chi connectivity index (χ0) is 13.7. The third-order valence-corrected chi connectivity index (χ3v) is 4.05. The predicted octanol–water partition coefficient (Wildman–Crippen LogP) is 4.41. The van der Waals surface area contributed by atoms with Crippen molar-refractivity contribution >= 4 is 5.78 Å². The van der Waals surface area contributed by atoms with Gasteiger partial charge in [0.15, 0.2) is 5.78 Å². The van der Waals surface area contributed by atoms with Gasteiger partial charge >= 0.3 is 0 Å². The summed E-state index contributed by atoms with van der Waals surface area (Å²) in [5.41, 5.74) is 2.00. The van der Waals surface area contributed by atoms with Gasteiger partial charge in [-0.3, -0.25) is 4.79 Å². The molecule has 0 aliphatic heterocycles. The Kier molecular flexibility index (Phi) is 5.00. The molecule has 0 saturated heterocycles. The quantitative estimate of drug-likeness (QED) is 0.726. The molecule has 2 nitrogen and oxygen atoms in total. The minimum absolute atomic E-state index is 0.262. The number of carbonyl (C=O) groups is 1. The van der Waals surface area contributed by atoms with E-state index >= 15 is 0 Å². The predicted molar refractivity (Wildman–Crippen MR) is 77.9 cm³/mol. The molecule has 1 aromatic rings. The topological polar surface area (TPSA) is 26.3 Å². The monoisotopic (exact) mass is 260 g/mol. The molecule has 0 heterocycles. The second kappa shape index (κ2) is 6.74. The van der Waals surface area contributed by atoms with Crippen molar-refractivity contribution in [2.75, 3.05) is 6.61 Å². The fraction of sp³-hybridized carbons (Fsp3) is 0.588. The Labute approximate surface area is 116 Å². The molecule has 0 aromatic heterocycles. The first kappa shape index (κ1) is 14.1. The molecule has 0 fully saturated rings. The number of fused-ring (bicyclic) bond motifs is 1. The van der Waals surface area contributed by atoms with E-state index < -0.39 is 0 Å². The smallest absolute Gasteiger partial charge is 0.163 e. The molecule has 1 unspecified atom stereocenters. The number of ether oxygens (including phenoxy) is 1. The number of benzene rings is 1. The van der Waals surface area contributed by atoms with Crippen molar-refractivity contribution in [3.63, 3.8) is 0 Å². The van der Waals surface area contributed by atoms with Crippen LogP contribution in [0.25, 0.3) is 0 Å². The van der Waals surface area contributed by atoms with Crippen LogP contribution in [0, 0.1) is 5.92 Å². The van der Waals surface area contributed by atoms with Crippen molar-refractivity contribution in [3.8, 4) is 5.75 Å². The van der Waals surface area contributed by atoms with Gasteiger partial charge in [-0.25, -0.2) is 0 Å². The zero-order valence-electron chi connectivity index (χ0n) is 12.1. The van der Waals surface area contributed by atoms with Gasteiger partial charge in [-0.05, 0) is 24.8 Å². The van der Waals surface area contributed by atoms with E-state index in [9.17, 15) is 4.79 Å². The number of carbonyl (C=O) groups excluding carboxylic acids is 1. The Morgan fingerprint density at radius 1 is 1.26 bits per heavy atom. The van der Waals surface area contributed by atoms with Crippen LogP contribution >= 0.6 is 0 Å². The van der Waals surface area contributed by atoms with Crippen LogP contribution in [0.3, 0.4) is 0 Å². The van der Waals surface area contributed by atoms with Gasteiger partial charge in [0.2, 0.25) is 0 Å². The van der Waals surface area contributed by atoms with Crippen LogP contribution in [-0.2, 0) is 6.42 Å². The highest BCUT2D eigenvalue weighted by atomic mass is 16.5. The van der Waals surface area contributed by atoms with Crippen molar-refractivity contribution in [3.05, 3.63) is 29.3 Å². The molecule has 2 heteroatoms. The van der Waals surface area contributed by atoms with E-state index in [2.05, 4.69) is 13.8 Å². The van der Waals surface area contributed by atoms with Crippen LogP contribution in [0.5, 0.6) is 5.75 Å². The molecular formula is C17H24O2. The minimum atomic E-state index is 0.262. The second-order valence-corrected chi connectivity index (χ2v) is 5.43. The average molecular weight is 260 g/mol. The lowest BCUT2D eigenvalue weighted by molar-refractivity contribution is 0.0994. The molecular weight excluding hydrogens is 236 g/mol. The summed E-state index contributed by atoms with van der Waals surface area (Å²) in [5.74, 6) is 1.82. The molecule has 1 atom stereocenters. The average Bonchev–Trinajstić information content (AvgIpc) is 2.82. The van der Waals surface area contributed by atoms with Gasteiger partial charge < -0.3 is 4.74 Å². The minimum Gasteiger partial charge on any atom is -0.493 e. The number of unbranched alkanes of at least 4 members (excludes halogenated alkanes) is 1. The van der Waals surface area contributed by atoms with Gasteiger partial charge in [0.25, 0.3) is 0 Å². The fourth-order valence-corrected chi connectivity index (χ4v) is 2.70. The molecule has 0 N–H and O–H groups in total. The van der Waals surface area contributed by atoms with Crippen molar-refractivity contribution < 1.29 is 9.53 Å². The van der Waals surface area contributed by atoms with Gasteiger partial charge in [-0.15, -0.1) is 0 Å². The van der Waals surface area contributed by atoms with Gasteiger partial charge in [0.1, 0.15) is 5.75 Å². The summed E-state index contributed by atoms with van der Waals surface area (Å²) in [4.78, 5) is 11.7. The summed E-state index contributed by atoms with van der Waals surface area (Å²) >= 11 is 0. The summed E-state index contributed by atoms with van der Waals surface area (Å²) in [5, 5.41) is 0. The van der Waals surface area contributed by atoms with Crippen molar-refractivity contribution in [2.24, 2.45) is 5.92 Å². The summed E-state index contributed by atoms with van der Waals surface area (Å²) in [6.07, 6.45) is 6.40. The van der Waals surface area contributed by atoms with Crippen LogP contribution in [-0.4, -0.2) is 12.4 Å². The normalized spacial score (nSPS) is 15.4. The lowest BCUT2D eigenvalue weighted by Gasteiger charge is -2.17. The largest absolute Gasteiger partial charge is 0.493 e. The summed E-state index contributed by atoms with van der Waals surface area (Å²) in [6, 6.07) is 5.86. The van der Waals surface area contributed by atoms with Gasteiger partial charge in [0, 0.05) is 17.5 Å². The first-order valence-corrected chi connectivity index (χ1v) is 7.54. The molecule has 0 bridgehead atoms. The number of ketones is 1. The standard InChI is InChI=1S/C17H24O2/c1-3-5-7-13(4-2)12-19-17-9-6-8-14-15(17)10-11-16(14)18/h6,8-9,13H,3-5,7,10-12H2,1-2H3. The molecule has 104 valence electrons. The Bertz CT molecular complexity index is 437. The van der Waals surface area contributed by atoms with E-state index in [0.29, 0.717) is 12.3 Å². The first-order chi connectivity index (χ1) is 9.26. The van der Waals surface area contributed by atoms with Gasteiger partial charge in [-0.2, -0.15) is 0 Å². The van der Waals surface area contributed by atoms with Crippen LogP contribution in [0.2, 0.25) is 0 Å². The second-order valence-electron chi connectivity index (χ2n) is 5.43. The van der Waals surface area contributed by atoms with Crippen LogP contribution in [0.1, 0.15) is 61.9 Å². The highest BCUT2D eigenvalue weighted by molar-refractivity contribution is 6.01. The van der Waals surface area contributed by atoms with Crippen molar-refractivity contribution in [2.45, 2.75) is 52.4 Å². The third-order valence-electron chi connectivity index (χ3n) is 4.05. The Hall–Kier alpha value is -1.31. The number of Topliss-reactive ketones (excluding diaryl/α,β-unsaturated/α-hetero) is 1. The Balaban J connectivity index is 1.98. The maximum absolute atomic E-state index is 11.7. The lowest BCUT2D eigenvalue weighted by Crippen LogP contribution is -2.12. The summed E-state index contributed by atoms with van der Waals surface area (Å²) in [7, 11) is 0. The third kappa shape index (κ3) is 3.37. The molecule has 0 spiro atoms. The molecule has 1 aromatic carbocycles. The van der Waals surface area contributed by atoms with Gasteiger partial charge in [0.05, 0.1) is 6.61 Å². The van der Waals surface area contributed by atoms with Crippen LogP contribution < -0.4 is 4.74 Å². The maximum Gasteiger partial charge on any atom is 0.163 e. The fourth-order valence-electron chi connectivity index (χ4n) is 2.70. The van der Waals surface area contributed by atoms with Crippen LogP contribution in [0.15, 0.2) is 18.2 Å². The first-order valence-electron chi connectivity index (χ1n) is 7.54. The van der Waals surface area contributed by atoms with Crippen LogP contribution in [0.4, 0.5) is 0 Å². The molecule has 0 radical (unpaired) electrons. The van der Waals surface area contributed by atoms with E-state index in [1.807, 2.05) is 18.2 Å². The number of rotatable bonds is 7. The van der Waals surface area contributed by atoms with E-state index in [1.54, 1.807) is 0 Å². The Morgan fingerprint density at radius 3 is 2.84 bits per heavy atom. The van der Waals surface area contributed by atoms with E-state index in [0.717, 1.165) is 36.3 Å². The SMILES string of the molecule is CCCCC(CC)COc1cccc2c1CCC2=O. The van der Waals surface area contributed by atoms with E-state index in [4.69, 9.17) is 4.74 Å². The van der Waals surface area contributed by atoms with Gasteiger partial charge in [-0.1, -0.05) is 45.2 Å². The zero-order valence-corrected chi connectivity index (χ0v) is 12.1. The van der Waals surface area contributed by atoms with E-state index in [-0.39, 0.29) is 5.78 Å². The molecule has 0 amide bonds. The Morgan fingerprint density at radius 2 is 2.11 bits per heavy atom. The molecule has 0 saturated carbocycles. The molecule has 1 aliphatic rings. The molecule has 19 heavy (non-hydrogen) atoms. The van der Waals surface area contributed by atoms with E-state index in [1.165, 1.54) is 19.3 Å².